The van der Waals surface area contributed by atoms with Gasteiger partial charge in [-0.2, -0.15) is 0 Å². The summed E-state index contributed by atoms with van der Waals surface area (Å²) in [5.74, 6) is -0.875. The zero-order chi connectivity index (χ0) is 41.8. The smallest absolute Gasteiger partial charge is 0.462 e. The first-order valence-corrected chi connectivity index (χ1v) is 23.9. The maximum Gasteiger partial charge on any atom is 0.472 e. The molecular weight excluding hydrogens is 737 g/mol. The number of phosphoric ester groups is 1. The highest BCUT2D eigenvalue weighted by atomic mass is 31.2. The second-order valence-electron chi connectivity index (χ2n) is 14.5. The summed E-state index contributed by atoms with van der Waals surface area (Å²) >= 11 is 0. The van der Waals surface area contributed by atoms with Crippen molar-refractivity contribution < 1.29 is 37.6 Å². The van der Waals surface area contributed by atoms with E-state index in [9.17, 15) is 19.0 Å². The fourth-order valence-corrected chi connectivity index (χ4v) is 6.54. The minimum absolute atomic E-state index is 0.0446. The zero-order valence-electron chi connectivity index (χ0n) is 36.0. The first kappa shape index (κ1) is 54.5. The highest BCUT2D eigenvalue weighted by molar-refractivity contribution is 7.47. The first-order chi connectivity index (χ1) is 27.8. The van der Waals surface area contributed by atoms with Crippen LogP contribution in [-0.4, -0.2) is 49.3 Å². The molecule has 9 nitrogen and oxygen atoms in total. The van der Waals surface area contributed by atoms with Crippen molar-refractivity contribution in [3.05, 3.63) is 72.9 Å². The highest BCUT2D eigenvalue weighted by Gasteiger charge is 2.26. The lowest BCUT2D eigenvalue weighted by atomic mass is 10.1. The summed E-state index contributed by atoms with van der Waals surface area (Å²) in [4.78, 5) is 34.9. The standard InChI is InChI=1S/C47H82NO8P/c1-3-5-7-9-11-13-15-17-19-21-22-24-25-27-29-31-33-35-37-39-46(49)53-43-45(44-55-57(51,52)54-42-41-48)56-47(50)40-38-36-34-32-30-28-26-23-20-18-16-14-12-10-8-6-4-2/h5,7,11,13,17-20,22,24,27,29,45H,3-4,6,8-10,12,14-16,21,23,25-26,28,30-44,48H2,1-2H3,(H,51,52)/b7-5+,13-11+,19-17+,20-18+,24-22+,29-27+/t45-/m1/s1. The van der Waals surface area contributed by atoms with Crippen LogP contribution in [0.2, 0.25) is 0 Å². The van der Waals surface area contributed by atoms with Crippen LogP contribution in [0.15, 0.2) is 72.9 Å². The number of hydrogen-bond acceptors (Lipinski definition) is 8. The Hall–Kier alpha value is -2.55. The molecule has 0 aliphatic carbocycles. The SMILES string of the molecule is CC/C=C/C/C=C/C/C=C/C/C=C/C/C=C/CCCCCC(=O)OC[C@H](COP(=O)(O)OCCN)OC(=O)CCCCCCCCC/C=C/CCCCCCCC. The lowest BCUT2D eigenvalue weighted by Crippen LogP contribution is -2.29. The number of unbranched alkanes of at least 4 members (excludes halogenated alkanes) is 16. The molecule has 0 aliphatic rings. The highest BCUT2D eigenvalue weighted by Crippen LogP contribution is 2.43. The molecule has 0 saturated carbocycles. The van der Waals surface area contributed by atoms with Crippen molar-refractivity contribution in [1.29, 1.82) is 0 Å². The number of allylic oxidation sites excluding steroid dienone is 12. The Balaban J connectivity index is 4.22. The van der Waals surface area contributed by atoms with Crippen LogP contribution in [0.1, 0.15) is 181 Å². The van der Waals surface area contributed by atoms with Gasteiger partial charge in [-0.1, -0.05) is 157 Å². The van der Waals surface area contributed by atoms with Crippen LogP contribution in [-0.2, 0) is 32.7 Å². The third-order valence-corrected chi connectivity index (χ3v) is 10.1. The summed E-state index contributed by atoms with van der Waals surface area (Å²) in [6, 6.07) is 0. The van der Waals surface area contributed by atoms with E-state index in [1.807, 2.05) is 0 Å². The molecule has 10 heteroatoms. The second kappa shape index (κ2) is 43.0. The van der Waals surface area contributed by atoms with Crippen molar-refractivity contribution in [2.45, 2.75) is 187 Å². The molecule has 1 unspecified atom stereocenters. The van der Waals surface area contributed by atoms with Crippen LogP contribution in [0.25, 0.3) is 0 Å². The number of esters is 2. The largest absolute Gasteiger partial charge is 0.472 e. The van der Waals surface area contributed by atoms with E-state index in [0.29, 0.717) is 12.8 Å². The van der Waals surface area contributed by atoms with Gasteiger partial charge < -0.3 is 20.1 Å². The van der Waals surface area contributed by atoms with E-state index in [2.05, 4.69) is 86.8 Å². The number of ether oxygens (including phenoxy) is 2. The molecule has 2 atom stereocenters. The van der Waals surface area contributed by atoms with E-state index in [1.165, 1.54) is 64.2 Å². The molecule has 0 spiro atoms. The van der Waals surface area contributed by atoms with Gasteiger partial charge in [0.25, 0.3) is 0 Å². The Morgan fingerprint density at radius 1 is 0.544 bits per heavy atom. The van der Waals surface area contributed by atoms with Crippen LogP contribution in [0.4, 0.5) is 0 Å². The molecule has 0 heterocycles. The monoisotopic (exact) mass is 820 g/mol. The average molecular weight is 820 g/mol. The van der Waals surface area contributed by atoms with E-state index in [1.54, 1.807) is 0 Å². The van der Waals surface area contributed by atoms with Crippen LogP contribution in [0, 0.1) is 0 Å². The minimum atomic E-state index is -4.39. The van der Waals surface area contributed by atoms with Crippen molar-refractivity contribution in [3.63, 3.8) is 0 Å². The van der Waals surface area contributed by atoms with E-state index < -0.39 is 32.5 Å². The maximum absolute atomic E-state index is 12.6. The Morgan fingerprint density at radius 3 is 1.47 bits per heavy atom. The van der Waals surface area contributed by atoms with Crippen LogP contribution in [0.5, 0.6) is 0 Å². The Morgan fingerprint density at radius 2 is 0.965 bits per heavy atom. The van der Waals surface area contributed by atoms with E-state index in [4.69, 9.17) is 24.3 Å². The number of phosphoric acid groups is 1. The molecule has 0 fully saturated rings. The Bertz CT molecular complexity index is 1160. The number of rotatable bonds is 41. The summed E-state index contributed by atoms with van der Waals surface area (Å²) in [5.41, 5.74) is 5.35. The second-order valence-corrected chi connectivity index (χ2v) is 16.0. The van der Waals surface area contributed by atoms with Gasteiger partial charge >= 0.3 is 19.8 Å². The van der Waals surface area contributed by atoms with Crippen molar-refractivity contribution in [3.8, 4) is 0 Å². The third kappa shape index (κ3) is 42.9. The lowest BCUT2D eigenvalue weighted by molar-refractivity contribution is -0.161. The summed E-state index contributed by atoms with van der Waals surface area (Å²) in [5, 5.41) is 0. The average Bonchev–Trinajstić information content (AvgIpc) is 3.20. The molecule has 0 aromatic heterocycles. The molecule has 0 aliphatic heterocycles. The Labute approximate surface area is 348 Å². The fraction of sp³-hybridized carbons (Fsp3) is 0.702. The van der Waals surface area contributed by atoms with Crippen LogP contribution >= 0.6 is 7.82 Å². The normalized spacial score (nSPS) is 14.0. The molecule has 0 aromatic carbocycles. The van der Waals surface area contributed by atoms with Gasteiger partial charge in [0.05, 0.1) is 13.2 Å². The number of carbonyl (C=O) groups is 2. The molecule has 0 amide bonds. The third-order valence-electron chi connectivity index (χ3n) is 9.08. The van der Waals surface area contributed by atoms with Crippen LogP contribution < -0.4 is 5.73 Å². The molecule has 0 saturated heterocycles. The van der Waals surface area contributed by atoms with Gasteiger partial charge in [0.1, 0.15) is 6.61 Å². The molecule has 0 rings (SSSR count). The van der Waals surface area contributed by atoms with Gasteiger partial charge in [-0.25, -0.2) is 4.57 Å². The molecule has 0 bridgehead atoms. The van der Waals surface area contributed by atoms with E-state index in [-0.39, 0.29) is 32.6 Å². The summed E-state index contributed by atoms with van der Waals surface area (Å²) in [6.45, 7) is 3.56. The first-order valence-electron chi connectivity index (χ1n) is 22.4. The van der Waals surface area contributed by atoms with Crippen molar-refractivity contribution in [2.24, 2.45) is 5.73 Å². The topological polar surface area (TPSA) is 134 Å². The van der Waals surface area contributed by atoms with Gasteiger partial charge in [0.15, 0.2) is 6.10 Å². The molecule has 0 aromatic rings. The molecule has 57 heavy (non-hydrogen) atoms. The lowest BCUT2D eigenvalue weighted by Gasteiger charge is -2.19. The molecular formula is C47H82NO8P. The summed E-state index contributed by atoms with van der Waals surface area (Å²) in [6.07, 6.45) is 52.1. The molecule has 328 valence electrons. The summed E-state index contributed by atoms with van der Waals surface area (Å²) < 4.78 is 32.8. The van der Waals surface area contributed by atoms with E-state index in [0.717, 1.165) is 77.0 Å². The predicted octanol–water partition coefficient (Wildman–Crippen LogP) is 13.1. The molecule has 3 N–H and O–H groups in total. The molecule has 0 radical (unpaired) electrons. The van der Waals surface area contributed by atoms with Crippen molar-refractivity contribution in [2.75, 3.05) is 26.4 Å². The fourth-order valence-electron chi connectivity index (χ4n) is 5.77. The van der Waals surface area contributed by atoms with Gasteiger partial charge in [-0.05, 0) is 83.5 Å². The number of hydrogen-bond donors (Lipinski definition) is 2. The zero-order valence-corrected chi connectivity index (χ0v) is 36.9. The van der Waals surface area contributed by atoms with Gasteiger partial charge in [-0.15, -0.1) is 0 Å². The Kier molecular flexibility index (Phi) is 41.1. The van der Waals surface area contributed by atoms with E-state index >= 15 is 0 Å². The van der Waals surface area contributed by atoms with Gasteiger partial charge in [0, 0.05) is 19.4 Å². The van der Waals surface area contributed by atoms with Crippen LogP contribution in [0.3, 0.4) is 0 Å². The maximum atomic E-state index is 12.6. The van der Waals surface area contributed by atoms with Gasteiger partial charge in [-0.3, -0.25) is 18.6 Å². The predicted molar refractivity (Wildman–Crippen MR) is 238 cm³/mol. The van der Waals surface area contributed by atoms with Crippen molar-refractivity contribution in [1.82, 2.24) is 0 Å². The number of nitrogens with two attached hydrogens (primary N) is 1. The van der Waals surface area contributed by atoms with Crippen molar-refractivity contribution >= 4 is 19.8 Å². The quantitative estimate of drug-likeness (QED) is 0.0267. The van der Waals surface area contributed by atoms with Gasteiger partial charge in [0.2, 0.25) is 0 Å². The summed E-state index contributed by atoms with van der Waals surface area (Å²) in [7, 11) is -4.39. The number of carbonyl (C=O) groups excluding carboxylic acids is 2. The minimum Gasteiger partial charge on any atom is -0.462 e.